The molecule has 2 fully saturated rings. The van der Waals surface area contributed by atoms with Crippen LogP contribution in [0.2, 0.25) is 0 Å². The van der Waals surface area contributed by atoms with Crippen LogP contribution in [0.3, 0.4) is 0 Å². The molecule has 1 saturated carbocycles. The van der Waals surface area contributed by atoms with Crippen LogP contribution in [-0.4, -0.2) is 40.2 Å². The van der Waals surface area contributed by atoms with Crippen molar-refractivity contribution in [1.29, 1.82) is 0 Å². The molecule has 2 heterocycles. The van der Waals surface area contributed by atoms with E-state index >= 15 is 0 Å². The lowest BCUT2D eigenvalue weighted by molar-refractivity contribution is 0.182. The molecule has 0 radical (unpaired) electrons. The van der Waals surface area contributed by atoms with Gasteiger partial charge in [-0.15, -0.1) is 12.4 Å². The fraction of sp³-hybridized carbons (Fsp3) is 0.571. The molecule has 1 N–H and O–H groups in total. The summed E-state index contributed by atoms with van der Waals surface area (Å²) in [5, 5.41) is 3.47. The van der Waals surface area contributed by atoms with Crippen LogP contribution in [-0.2, 0) is 20.1 Å². The third kappa shape index (κ3) is 4.34. The fourth-order valence-corrected chi connectivity index (χ4v) is 4.46. The van der Waals surface area contributed by atoms with E-state index in [0.717, 1.165) is 37.6 Å². The van der Waals surface area contributed by atoms with Crippen LogP contribution < -0.4 is 10.1 Å². The Kier molecular flexibility index (Phi) is 6.63. The number of hydrogen-bond donors (Lipinski definition) is 1. The first-order valence-corrected chi connectivity index (χ1v) is 9.93. The number of aryl methyl sites for hydroxylation is 1. The quantitative estimate of drug-likeness (QED) is 0.761. The third-order valence-electron chi connectivity index (χ3n) is 6.13. The molecule has 28 heavy (non-hydrogen) atoms. The molecule has 0 bridgehead atoms. The van der Waals surface area contributed by atoms with Crippen molar-refractivity contribution >= 4 is 12.4 Å². The predicted octanol–water partition coefficient (Wildman–Crippen LogP) is 3.52. The zero-order valence-corrected chi connectivity index (χ0v) is 17.5. The molecule has 1 aliphatic heterocycles. The Bertz CT molecular complexity index is 790. The van der Waals surface area contributed by atoms with Gasteiger partial charge in [-0.05, 0) is 62.4 Å². The molecule has 2 aromatic rings. The first kappa shape index (κ1) is 21.1. The second-order valence-corrected chi connectivity index (χ2v) is 7.89. The summed E-state index contributed by atoms with van der Waals surface area (Å²) >= 11 is 0. The molecular formula is C21H30ClFN4O. The summed E-state index contributed by atoms with van der Waals surface area (Å²) in [4.78, 5) is 7.00. The molecule has 1 aromatic carbocycles. The molecule has 1 saturated heterocycles. The van der Waals surface area contributed by atoms with Crippen molar-refractivity contribution in [3.05, 3.63) is 47.8 Å². The molecular weight excluding hydrogens is 379 g/mol. The Hall–Kier alpha value is -1.63. The van der Waals surface area contributed by atoms with E-state index in [-0.39, 0.29) is 18.2 Å². The van der Waals surface area contributed by atoms with Gasteiger partial charge in [0.25, 0.3) is 0 Å². The average Bonchev–Trinajstić information content (AvgIpc) is 3.19. The highest BCUT2D eigenvalue weighted by Crippen LogP contribution is 2.56. The van der Waals surface area contributed by atoms with E-state index in [2.05, 4.69) is 19.8 Å². The minimum Gasteiger partial charge on any atom is -0.491 e. The smallest absolute Gasteiger partial charge is 0.165 e. The Balaban J connectivity index is 0.00000225. The number of benzene rings is 1. The van der Waals surface area contributed by atoms with Gasteiger partial charge >= 0.3 is 0 Å². The molecule has 1 atom stereocenters. The maximum absolute atomic E-state index is 14.3. The van der Waals surface area contributed by atoms with Crippen LogP contribution in [0.1, 0.15) is 37.6 Å². The summed E-state index contributed by atoms with van der Waals surface area (Å²) in [5.74, 6) is 1.11. The highest BCUT2D eigenvalue weighted by Gasteiger charge is 2.56. The SMILES string of the molecule is CCOc1ccc(CN(Cc2nccn2C)C2CC23CCNCC3)cc1F.Cl. The predicted molar refractivity (Wildman–Crippen MR) is 110 cm³/mol. The van der Waals surface area contributed by atoms with Crippen molar-refractivity contribution in [1.82, 2.24) is 19.8 Å². The van der Waals surface area contributed by atoms with Crippen LogP contribution in [0.5, 0.6) is 5.75 Å². The first-order chi connectivity index (χ1) is 13.1. The molecule has 1 spiro atoms. The second kappa shape index (κ2) is 8.80. The van der Waals surface area contributed by atoms with Crippen molar-refractivity contribution in [3.63, 3.8) is 0 Å². The monoisotopic (exact) mass is 408 g/mol. The first-order valence-electron chi connectivity index (χ1n) is 9.93. The zero-order chi connectivity index (χ0) is 18.9. The van der Waals surface area contributed by atoms with Crippen molar-refractivity contribution < 1.29 is 9.13 Å². The highest BCUT2D eigenvalue weighted by atomic mass is 35.5. The highest BCUT2D eigenvalue weighted by molar-refractivity contribution is 5.85. The van der Waals surface area contributed by atoms with Crippen molar-refractivity contribution in [2.75, 3.05) is 19.7 Å². The van der Waals surface area contributed by atoms with Gasteiger partial charge in [-0.3, -0.25) is 4.90 Å². The van der Waals surface area contributed by atoms with Crippen LogP contribution in [0.4, 0.5) is 4.39 Å². The number of piperidine rings is 1. The van der Waals surface area contributed by atoms with Gasteiger partial charge in [-0.2, -0.15) is 0 Å². The molecule has 4 rings (SSSR count). The number of halogens is 2. The van der Waals surface area contributed by atoms with E-state index in [1.54, 1.807) is 12.1 Å². The second-order valence-electron chi connectivity index (χ2n) is 7.89. The lowest BCUT2D eigenvalue weighted by atomic mass is 9.93. The maximum atomic E-state index is 14.3. The number of rotatable bonds is 7. The molecule has 1 aromatic heterocycles. The number of nitrogens with one attached hydrogen (secondary N) is 1. The van der Waals surface area contributed by atoms with Gasteiger partial charge in [-0.25, -0.2) is 9.37 Å². The third-order valence-corrected chi connectivity index (χ3v) is 6.13. The summed E-state index contributed by atoms with van der Waals surface area (Å²) < 4.78 is 21.7. The molecule has 1 unspecified atom stereocenters. The van der Waals surface area contributed by atoms with Crippen LogP contribution in [0, 0.1) is 11.2 Å². The Labute approximate surface area is 172 Å². The number of imidazole rings is 1. The summed E-state index contributed by atoms with van der Waals surface area (Å²) in [6.07, 6.45) is 7.52. The van der Waals surface area contributed by atoms with E-state index in [1.165, 1.54) is 19.3 Å². The van der Waals surface area contributed by atoms with Crippen LogP contribution in [0.25, 0.3) is 0 Å². The van der Waals surface area contributed by atoms with E-state index in [4.69, 9.17) is 4.74 Å². The lowest BCUT2D eigenvalue weighted by Gasteiger charge is -2.29. The summed E-state index contributed by atoms with van der Waals surface area (Å²) in [6.45, 7) is 6.07. The summed E-state index contributed by atoms with van der Waals surface area (Å²) in [5.41, 5.74) is 1.42. The fourth-order valence-electron chi connectivity index (χ4n) is 4.46. The van der Waals surface area contributed by atoms with Gasteiger partial charge in [0.05, 0.1) is 13.2 Å². The number of hydrogen-bond acceptors (Lipinski definition) is 4. The molecule has 7 heteroatoms. The van der Waals surface area contributed by atoms with Crippen molar-refractivity contribution in [2.45, 2.75) is 45.3 Å². The van der Waals surface area contributed by atoms with E-state index in [1.807, 2.05) is 32.4 Å². The van der Waals surface area contributed by atoms with Crippen molar-refractivity contribution in [3.8, 4) is 5.75 Å². The van der Waals surface area contributed by atoms with E-state index in [0.29, 0.717) is 23.8 Å². The summed E-state index contributed by atoms with van der Waals surface area (Å²) in [7, 11) is 2.03. The molecule has 1 aliphatic carbocycles. The van der Waals surface area contributed by atoms with Crippen LogP contribution in [0.15, 0.2) is 30.6 Å². The van der Waals surface area contributed by atoms with E-state index in [9.17, 15) is 4.39 Å². The molecule has 0 amide bonds. The molecule has 154 valence electrons. The minimum atomic E-state index is -0.279. The van der Waals surface area contributed by atoms with Gasteiger partial charge in [0.2, 0.25) is 0 Å². The van der Waals surface area contributed by atoms with Crippen LogP contribution >= 0.6 is 12.4 Å². The minimum absolute atomic E-state index is 0. The van der Waals surface area contributed by atoms with Gasteiger partial charge in [0, 0.05) is 32.0 Å². The Morgan fingerprint density at radius 2 is 2.11 bits per heavy atom. The standard InChI is InChI=1S/C21H29FN4O.ClH/c1-3-27-18-5-4-16(12-17(18)22)14-26(15-20-24-10-11-25(20)2)19-13-21(19)6-8-23-9-7-21;/h4-5,10-12,19,23H,3,6-9,13-15H2,1-2H3;1H. The van der Waals surface area contributed by atoms with Gasteiger partial charge in [0.15, 0.2) is 11.6 Å². The number of ether oxygens (including phenoxy) is 1. The summed E-state index contributed by atoms with van der Waals surface area (Å²) in [6, 6.07) is 5.90. The Morgan fingerprint density at radius 1 is 1.32 bits per heavy atom. The van der Waals surface area contributed by atoms with Gasteiger partial charge in [0.1, 0.15) is 5.82 Å². The molecule has 2 aliphatic rings. The lowest BCUT2D eigenvalue weighted by Crippen LogP contribution is -2.36. The topological polar surface area (TPSA) is 42.3 Å². The largest absolute Gasteiger partial charge is 0.491 e. The maximum Gasteiger partial charge on any atom is 0.165 e. The average molecular weight is 409 g/mol. The van der Waals surface area contributed by atoms with Gasteiger partial charge in [-0.1, -0.05) is 6.07 Å². The van der Waals surface area contributed by atoms with E-state index < -0.39 is 0 Å². The van der Waals surface area contributed by atoms with Gasteiger partial charge < -0.3 is 14.6 Å². The van der Waals surface area contributed by atoms with Crippen molar-refractivity contribution in [2.24, 2.45) is 12.5 Å². The molecule has 5 nitrogen and oxygen atoms in total. The normalized spacial score (nSPS) is 20.2. The Morgan fingerprint density at radius 3 is 2.75 bits per heavy atom. The number of nitrogens with zero attached hydrogens (tertiary/aromatic N) is 3. The zero-order valence-electron chi connectivity index (χ0n) is 16.7. The number of aromatic nitrogens is 2.